The normalized spacial score (nSPS) is 14.5. The van der Waals surface area contributed by atoms with Crippen LogP contribution in [-0.2, 0) is 25.6 Å². The zero-order valence-corrected chi connectivity index (χ0v) is 18.8. The fourth-order valence-corrected chi connectivity index (χ4v) is 3.18. The molecule has 168 valence electrons. The largest absolute Gasteiger partial charge is 0.481 e. The Morgan fingerprint density at radius 1 is 1.22 bits per heavy atom. The number of esters is 2. The van der Waals surface area contributed by atoms with Gasteiger partial charge in [0, 0.05) is 10.0 Å². The van der Waals surface area contributed by atoms with Crippen LogP contribution in [0, 0.1) is 0 Å². The molecule has 2 heterocycles. The molecule has 0 radical (unpaired) electrons. The van der Waals surface area contributed by atoms with Crippen LogP contribution < -0.4 is 10.1 Å². The number of furan rings is 1. The first kappa shape index (κ1) is 23.1. The van der Waals surface area contributed by atoms with Crippen molar-refractivity contribution in [1.29, 1.82) is 0 Å². The lowest BCUT2D eigenvalue weighted by atomic mass is 10.1. The van der Waals surface area contributed by atoms with E-state index >= 15 is 0 Å². The highest BCUT2D eigenvalue weighted by Gasteiger charge is 2.34. The number of hydrogen-bond donors (Lipinski definition) is 1. The fourth-order valence-electron chi connectivity index (χ4n) is 2.80. The van der Waals surface area contributed by atoms with E-state index in [-0.39, 0.29) is 37.0 Å². The number of amides is 3. The predicted octanol–water partition coefficient (Wildman–Crippen LogP) is 2.86. The van der Waals surface area contributed by atoms with E-state index in [1.165, 1.54) is 25.3 Å². The maximum atomic E-state index is 12.8. The molecule has 1 aliphatic heterocycles. The van der Waals surface area contributed by atoms with Gasteiger partial charge < -0.3 is 23.9 Å². The van der Waals surface area contributed by atoms with Crippen LogP contribution in [0.2, 0.25) is 0 Å². The van der Waals surface area contributed by atoms with E-state index < -0.39 is 23.9 Å². The Bertz CT molecular complexity index is 1090. The van der Waals surface area contributed by atoms with E-state index in [4.69, 9.17) is 13.9 Å². The summed E-state index contributed by atoms with van der Waals surface area (Å²) in [7, 11) is 1.21. The van der Waals surface area contributed by atoms with Crippen LogP contribution in [0.15, 0.2) is 44.9 Å². The van der Waals surface area contributed by atoms with Crippen molar-refractivity contribution in [2.24, 2.45) is 0 Å². The number of nitrogens with zero attached hydrogens (tertiary/aromatic N) is 1. The van der Waals surface area contributed by atoms with E-state index in [1.807, 2.05) is 0 Å². The van der Waals surface area contributed by atoms with E-state index in [9.17, 15) is 19.2 Å². The molecule has 10 nitrogen and oxygen atoms in total. The van der Waals surface area contributed by atoms with Crippen LogP contribution in [0.5, 0.6) is 5.75 Å². The monoisotopic (exact) mass is 506 g/mol. The molecule has 1 N–H and O–H groups in total. The van der Waals surface area contributed by atoms with Crippen molar-refractivity contribution in [3.63, 3.8) is 0 Å². The first-order valence-electron chi connectivity index (χ1n) is 9.42. The smallest absolute Gasteiger partial charge is 0.373 e. The van der Waals surface area contributed by atoms with Gasteiger partial charge in [0.25, 0.3) is 5.91 Å². The Morgan fingerprint density at radius 2 is 2.00 bits per heavy atom. The molecule has 3 rings (SSSR count). The number of benzene rings is 1. The second-order valence-electron chi connectivity index (χ2n) is 6.41. The number of methoxy groups -OCH3 is 1. The average Bonchev–Trinajstić information content (AvgIpc) is 3.33. The lowest BCUT2D eigenvalue weighted by Crippen LogP contribution is -2.30. The average molecular weight is 507 g/mol. The van der Waals surface area contributed by atoms with Crippen molar-refractivity contribution >= 4 is 45.9 Å². The molecule has 1 aromatic carbocycles. The highest BCUT2D eigenvalue weighted by molar-refractivity contribution is 9.10. The molecular formula is C21H19BrN2O8. The van der Waals surface area contributed by atoms with Gasteiger partial charge in [-0.05, 0) is 43.3 Å². The van der Waals surface area contributed by atoms with Crippen LogP contribution >= 0.6 is 15.9 Å². The second-order valence-corrected chi connectivity index (χ2v) is 7.33. The highest BCUT2D eigenvalue weighted by atomic mass is 79.9. The van der Waals surface area contributed by atoms with E-state index in [2.05, 4.69) is 26.0 Å². The minimum atomic E-state index is -0.668. The van der Waals surface area contributed by atoms with Crippen molar-refractivity contribution in [2.45, 2.75) is 13.5 Å². The summed E-state index contributed by atoms with van der Waals surface area (Å²) in [6, 6.07) is 7.21. The molecule has 0 aliphatic carbocycles. The molecule has 0 unspecified atom stereocenters. The van der Waals surface area contributed by atoms with Crippen molar-refractivity contribution in [2.75, 3.05) is 20.3 Å². The Kier molecular flexibility index (Phi) is 7.31. The third kappa shape index (κ3) is 5.35. The standard InChI is InChI=1S/C21H19BrN2O8/c1-3-30-18(25)11-31-16-6-4-13(22)8-12(16)9-15-19(26)24(21(28)23-15)10-14-5-7-17(32-14)20(27)29-2/h4-9H,3,10-11H2,1-2H3,(H,23,28)/b15-9-. The topological polar surface area (TPSA) is 124 Å². The van der Waals surface area contributed by atoms with Crippen molar-refractivity contribution in [3.8, 4) is 5.75 Å². The summed E-state index contributed by atoms with van der Waals surface area (Å²) in [6.07, 6.45) is 1.44. The number of hydrogen-bond acceptors (Lipinski definition) is 8. The minimum Gasteiger partial charge on any atom is -0.481 e. The van der Waals surface area contributed by atoms with Gasteiger partial charge in [-0.1, -0.05) is 15.9 Å². The van der Waals surface area contributed by atoms with Gasteiger partial charge in [-0.25, -0.2) is 14.4 Å². The third-order valence-electron chi connectivity index (χ3n) is 4.25. The number of rotatable bonds is 8. The van der Waals surface area contributed by atoms with Crippen LogP contribution in [-0.4, -0.2) is 49.1 Å². The number of carbonyl (C=O) groups is 4. The number of halogens is 1. The molecule has 11 heteroatoms. The molecule has 0 atom stereocenters. The summed E-state index contributed by atoms with van der Waals surface area (Å²) in [5.74, 6) is -1.28. The number of carbonyl (C=O) groups excluding carboxylic acids is 4. The maximum Gasteiger partial charge on any atom is 0.373 e. The molecule has 1 saturated heterocycles. The highest BCUT2D eigenvalue weighted by Crippen LogP contribution is 2.27. The summed E-state index contributed by atoms with van der Waals surface area (Å²) < 4.78 is 20.9. The van der Waals surface area contributed by atoms with Crippen LogP contribution in [0.1, 0.15) is 28.8 Å². The minimum absolute atomic E-state index is 0.00818. The number of nitrogens with one attached hydrogen (secondary N) is 1. The third-order valence-corrected chi connectivity index (χ3v) is 4.74. The Morgan fingerprint density at radius 3 is 2.72 bits per heavy atom. The van der Waals surface area contributed by atoms with Crippen LogP contribution in [0.3, 0.4) is 0 Å². The number of ether oxygens (including phenoxy) is 3. The zero-order chi connectivity index (χ0) is 23.3. The molecule has 1 fully saturated rings. The first-order chi connectivity index (χ1) is 15.3. The fraction of sp³-hybridized carbons (Fsp3) is 0.238. The summed E-state index contributed by atoms with van der Waals surface area (Å²) in [4.78, 5) is 49.2. The summed E-state index contributed by atoms with van der Waals surface area (Å²) >= 11 is 3.34. The van der Waals surface area contributed by atoms with Gasteiger partial charge in [-0.15, -0.1) is 0 Å². The van der Waals surface area contributed by atoms with Gasteiger partial charge in [-0.3, -0.25) is 9.69 Å². The Hall–Kier alpha value is -3.60. The molecule has 0 bridgehead atoms. The van der Waals surface area contributed by atoms with E-state index in [0.717, 1.165) is 4.90 Å². The molecule has 1 aliphatic rings. The Labute approximate surface area is 191 Å². The lowest BCUT2D eigenvalue weighted by molar-refractivity contribution is -0.145. The van der Waals surface area contributed by atoms with E-state index in [0.29, 0.717) is 15.8 Å². The zero-order valence-electron chi connectivity index (χ0n) is 17.2. The van der Waals surface area contributed by atoms with Gasteiger partial charge >= 0.3 is 18.0 Å². The van der Waals surface area contributed by atoms with Gasteiger partial charge in [0.05, 0.1) is 20.3 Å². The molecule has 0 saturated carbocycles. The number of urea groups is 1. The molecule has 3 amide bonds. The summed E-state index contributed by atoms with van der Waals surface area (Å²) in [5.41, 5.74) is 0.467. The second kappa shape index (κ2) is 10.1. The SMILES string of the molecule is CCOC(=O)COc1ccc(Br)cc1/C=C1\NC(=O)N(Cc2ccc(C(=O)OC)o2)C1=O. The van der Waals surface area contributed by atoms with Crippen LogP contribution in [0.25, 0.3) is 6.08 Å². The lowest BCUT2D eigenvalue weighted by Gasteiger charge is -2.10. The quantitative estimate of drug-likeness (QED) is 0.329. The van der Waals surface area contributed by atoms with E-state index in [1.54, 1.807) is 25.1 Å². The molecular weight excluding hydrogens is 488 g/mol. The Balaban J connectivity index is 1.78. The molecule has 0 spiro atoms. The van der Waals surface area contributed by atoms with Crippen LogP contribution in [0.4, 0.5) is 4.79 Å². The van der Waals surface area contributed by atoms with Gasteiger partial charge in [0.15, 0.2) is 6.61 Å². The molecule has 2 aromatic rings. The van der Waals surface area contributed by atoms with Gasteiger partial charge in [0.1, 0.15) is 17.2 Å². The van der Waals surface area contributed by atoms with Crippen molar-refractivity contribution in [3.05, 3.63) is 57.6 Å². The van der Waals surface area contributed by atoms with Crippen molar-refractivity contribution < 1.29 is 37.8 Å². The number of imide groups is 1. The summed E-state index contributed by atoms with van der Waals surface area (Å²) in [6.45, 7) is 1.43. The maximum absolute atomic E-state index is 12.8. The van der Waals surface area contributed by atoms with Crippen molar-refractivity contribution in [1.82, 2.24) is 10.2 Å². The molecule has 1 aromatic heterocycles. The summed E-state index contributed by atoms with van der Waals surface area (Å²) in [5, 5.41) is 2.50. The predicted molar refractivity (Wildman–Crippen MR) is 113 cm³/mol. The first-order valence-corrected chi connectivity index (χ1v) is 10.2. The van der Waals surface area contributed by atoms with Gasteiger partial charge in [0.2, 0.25) is 5.76 Å². The molecule has 32 heavy (non-hydrogen) atoms. The van der Waals surface area contributed by atoms with Gasteiger partial charge in [-0.2, -0.15) is 0 Å².